The Kier molecular flexibility index (Phi) is 7.77. The first kappa shape index (κ1) is 31.4. The van der Waals surface area contributed by atoms with E-state index in [1.807, 2.05) is 0 Å². The number of halogens is 8. The first-order chi connectivity index (χ1) is 20.3. The summed E-state index contributed by atoms with van der Waals surface area (Å²) in [5.41, 5.74) is -4.20. The highest BCUT2D eigenvalue weighted by atomic mass is 32.2. The number of fused-ring (bicyclic) bond motifs is 1. The third-order valence-corrected chi connectivity index (χ3v) is 8.69. The maximum absolute atomic E-state index is 15.1. The maximum atomic E-state index is 15.1. The highest BCUT2D eigenvalue weighted by Gasteiger charge is 2.50. The predicted octanol–water partition coefficient (Wildman–Crippen LogP) is 6.15. The van der Waals surface area contributed by atoms with E-state index in [9.17, 15) is 43.9 Å². The Bertz CT molecular complexity index is 1840. The molecule has 44 heavy (non-hydrogen) atoms. The van der Waals surface area contributed by atoms with Crippen LogP contribution in [0, 0.1) is 5.82 Å². The van der Waals surface area contributed by atoms with E-state index in [0.29, 0.717) is 10.5 Å². The average molecular weight is 649 g/mol. The number of rotatable bonds is 7. The van der Waals surface area contributed by atoms with Crippen LogP contribution in [0.15, 0.2) is 58.4 Å². The molecule has 0 N–H and O–H groups in total. The van der Waals surface area contributed by atoms with Crippen molar-refractivity contribution in [3.63, 3.8) is 0 Å². The minimum Gasteiger partial charge on any atom is -0.443 e. The Labute approximate surface area is 243 Å². The van der Waals surface area contributed by atoms with E-state index >= 15 is 4.39 Å². The molecule has 0 unspecified atom stereocenters. The molecule has 0 amide bonds. The van der Waals surface area contributed by atoms with Crippen LogP contribution in [-0.2, 0) is 33.6 Å². The third-order valence-electron chi connectivity index (χ3n) is 6.98. The van der Waals surface area contributed by atoms with Gasteiger partial charge in [-0.05, 0) is 43.2 Å². The lowest BCUT2D eigenvalue weighted by Gasteiger charge is -2.22. The molecule has 234 valence electrons. The van der Waals surface area contributed by atoms with Gasteiger partial charge in [-0.2, -0.15) is 30.6 Å². The zero-order valence-electron chi connectivity index (χ0n) is 22.4. The van der Waals surface area contributed by atoms with E-state index in [0.717, 1.165) is 43.6 Å². The minimum atomic E-state index is -4.93. The SMILES string of the molecule is C[C@@]1(F)C[C@@H](C(=O)CCc2cc(-c3cnc(C(F)(F)F)nc3)ncc2C(F)(F)F)N(S(=O)(=O)c2cc3cc(F)ccc3o2)C1. The van der Waals surface area contributed by atoms with Crippen molar-refractivity contribution in [2.75, 3.05) is 6.54 Å². The first-order valence-corrected chi connectivity index (χ1v) is 14.2. The molecule has 0 aliphatic carbocycles. The Morgan fingerprint density at radius 3 is 2.34 bits per heavy atom. The lowest BCUT2D eigenvalue weighted by atomic mass is 9.96. The molecule has 2 atom stereocenters. The fraction of sp³-hybridized carbons (Fsp3) is 0.333. The predicted molar refractivity (Wildman–Crippen MR) is 137 cm³/mol. The van der Waals surface area contributed by atoms with Crippen LogP contribution in [0.4, 0.5) is 35.1 Å². The van der Waals surface area contributed by atoms with Gasteiger partial charge in [0.15, 0.2) is 5.78 Å². The summed E-state index contributed by atoms with van der Waals surface area (Å²) in [6.07, 6.45) is -9.71. The van der Waals surface area contributed by atoms with Crippen molar-refractivity contribution in [2.45, 2.75) is 55.3 Å². The van der Waals surface area contributed by atoms with Crippen molar-refractivity contribution in [2.24, 2.45) is 0 Å². The molecule has 4 aromatic rings. The molecule has 1 fully saturated rings. The number of sulfonamides is 1. The van der Waals surface area contributed by atoms with Crippen molar-refractivity contribution in [3.8, 4) is 11.3 Å². The van der Waals surface area contributed by atoms with Gasteiger partial charge in [-0.25, -0.2) is 27.2 Å². The molecule has 0 saturated carbocycles. The molecule has 1 aliphatic rings. The Hall–Kier alpha value is -3.99. The number of carbonyl (C=O) groups is 1. The summed E-state index contributed by atoms with van der Waals surface area (Å²) in [5.74, 6) is -3.03. The van der Waals surface area contributed by atoms with Crippen LogP contribution in [0.25, 0.3) is 22.2 Å². The van der Waals surface area contributed by atoms with Crippen LogP contribution >= 0.6 is 0 Å². The van der Waals surface area contributed by atoms with Crippen molar-refractivity contribution in [3.05, 3.63) is 71.7 Å². The molecular weight excluding hydrogens is 628 g/mol. The molecule has 17 heteroatoms. The maximum Gasteiger partial charge on any atom is 0.451 e. The second-order valence-corrected chi connectivity index (χ2v) is 12.2. The standard InChI is InChI=1S/C27H20F8N4O4S/c1-25(29)9-20(39(13-25)44(41,42)23-8-15-6-17(28)3-5-22(15)43-23)21(40)4-2-14-7-19(36-12-18(14)26(30,31)32)16-10-37-24(38-11-16)27(33,34)35/h3,5-8,10-12,20H,2,4,9,13H2,1H3/t20-,25+/m0/s1. The number of nitrogens with zero attached hydrogens (tertiary/aromatic N) is 4. The van der Waals surface area contributed by atoms with E-state index in [1.165, 1.54) is 6.07 Å². The van der Waals surface area contributed by atoms with Gasteiger partial charge in [0, 0.05) is 55.0 Å². The number of benzene rings is 1. The minimum absolute atomic E-state index is 0.0154. The van der Waals surface area contributed by atoms with Crippen molar-refractivity contribution in [1.82, 2.24) is 19.3 Å². The number of hydrogen-bond donors (Lipinski definition) is 0. The topological polar surface area (TPSA) is 106 Å². The van der Waals surface area contributed by atoms with Crippen LogP contribution in [0.2, 0.25) is 0 Å². The van der Waals surface area contributed by atoms with Gasteiger partial charge >= 0.3 is 12.4 Å². The average Bonchev–Trinajstić information content (AvgIpc) is 3.51. The van der Waals surface area contributed by atoms with Gasteiger partial charge in [-0.3, -0.25) is 9.78 Å². The van der Waals surface area contributed by atoms with Gasteiger partial charge in [0.25, 0.3) is 10.0 Å². The second kappa shape index (κ2) is 10.9. The van der Waals surface area contributed by atoms with E-state index in [4.69, 9.17) is 4.42 Å². The first-order valence-electron chi connectivity index (χ1n) is 12.7. The number of aromatic nitrogens is 3. The quantitative estimate of drug-likeness (QED) is 0.221. The summed E-state index contributed by atoms with van der Waals surface area (Å²) in [6.45, 7) is 0.318. The zero-order valence-corrected chi connectivity index (χ0v) is 23.2. The molecule has 4 heterocycles. The molecule has 0 radical (unpaired) electrons. The summed E-state index contributed by atoms with van der Waals surface area (Å²) >= 11 is 0. The van der Waals surface area contributed by atoms with Crippen LogP contribution < -0.4 is 0 Å². The van der Waals surface area contributed by atoms with Crippen LogP contribution in [0.1, 0.15) is 36.7 Å². The van der Waals surface area contributed by atoms with Gasteiger partial charge in [0.2, 0.25) is 10.9 Å². The number of ketones is 1. The van der Waals surface area contributed by atoms with Gasteiger partial charge in [0.05, 0.1) is 17.3 Å². The zero-order chi connectivity index (χ0) is 32.2. The molecule has 1 aromatic carbocycles. The molecule has 3 aromatic heterocycles. The summed E-state index contributed by atoms with van der Waals surface area (Å²) in [7, 11) is -4.65. The smallest absolute Gasteiger partial charge is 0.443 e. The Morgan fingerprint density at radius 1 is 1.02 bits per heavy atom. The molecular formula is C27H20F8N4O4S. The third kappa shape index (κ3) is 6.29. The van der Waals surface area contributed by atoms with Crippen molar-refractivity contribution < 1.29 is 52.8 Å². The molecule has 0 bridgehead atoms. The molecule has 8 nitrogen and oxygen atoms in total. The number of furan rings is 1. The summed E-state index contributed by atoms with van der Waals surface area (Å²) in [5, 5.41) is -0.578. The monoisotopic (exact) mass is 648 g/mol. The van der Waals surface area contributed by atoms with E-state index in [2.05, 4.69) is 15.0 Å². The number of carbonyl (C=O) groups excluding carboxylic acids is 1. The van der Waals surface area contributed by atoms with Gasteiger partial charge in [-0.15, -0.1) is 0 Å². The summed E-state index contributed by atoms with van der Waals surface area (Å²) in [6, 6.07) is 3.57. The Balaban J connectivity index is 1.42. The fourth-order valence-corrected chi connectivity index (χ4v) is 6.58. The van der Waals surface area contributed by atoms with Crippen molar-refractivity contribution in [1.29, 1.82) is 0 Å². The lowest BCUT2D eigenvalue weighted by molar-refractivity contribution is -0.145. The highest BCUT2D eigenvalue weighted by Crippen LogP contribution is 2.38. The number of aryl methyl sites for hydroxylation is 1. The number of pyridine rings is 1. The highest BCUT2D eigenvalue weighted by molar-refractivity contribution is 7.89. The molecule has 0 spiro atoms. The largest absolute Gasteiger partial charge is 0.451 e. The molecule has 1 aliphatic heterocycles. The van der Waals surface area contributed by atoms with Gasteiger partial charge in [0.1, 0.15) is 17.1 Å². The van der Waals surface area contributed by atoms with E-state index in [1.54, 1.807) is 0 Å². The fourth-order valence-electron chi connectivity index (χ4n) is 4.91. The van der Waals surface area contributed by atoms with Crippen LogP contribution in [-0.4, -0.2) is 51.7 Å². The van der Waals surface area contributed by atoms with Crippen molar-refractivity contribution >= 4 is 26.8 Å². The Morgan fingerprint density at radius 2 is 1.70 bits per heavy atom. The normalized spacial score (nSPS) is 20.0. The summed E-state index contributed by atoms with van der Waals surface area (Å²) in [4.78, 5) is 23.3. The summed E-state index contributed by atoms with van der Waals surface area (Å²) < 4.78 is 141. The number of hydrogen-bond acceptors (Lipinski definition) is 7. The lowest BCUT2D eigenvalue weighted by Crippen LogP contribution is -2.40. The van der Waals surface area contributed by atoms with Crippen LogP contribution in [0.5, 0.6) is 0 Å². The number of alkyl halides is 7. The van der Waals surface area contributed by atoms with E-state index in [-0.39, 0.29) is 22.2 Å². The van der Waals surface area contributed by atoms with Crippen LogP contribution in [0.3, 0.4) is 0 Å². The second-order valence-electron chi connectivity index (χ2n) is 10.4. The molecule has 1 saturated heterocycles. The molecule has 5 rings (SSSR count). The van der Waals surface area contributed by atoms with Gasteiger partial charge in [-0.1, -0.05) is 0 Å². The van der Waals surface area contributed by atoms with E-state index < -0.39 is 93.5 Å². The van der Waals surface area contributed by atoms with Gasteiger partial charge < -0.3 is 4.42 Å². The number of Topliss-reactive ketones (excluding diaryl/α,β-unsaturated/α-hetero) is 1.